The Morgan fingerprint density at radius 2 is 1.88 bits per heavy atom. The zero-order valence-corrected chi connectivity index (χ0v) is 19.1. The molecule has 1 fully saturated rings. The maximum absolute atomic E-state index is 13.8. The predicted octanol–water partition coefficient (Wildman–Crippen LogP) is 4.80. The number of aromatic nitrogens is 1. The van der Waals surface area contributed by atoms with Crippen LogP contribution in [-0.4, -0.2) is 30.4 Å². The third-order valence-electron chi connectivity index (χ3n) is 6.57. The van der Waals surface area contributed by atoms with E-state index in [0.29, 0.717) is 22.9 Å². The number of nitriles is 1. The number of amides is 1. The molecule has 5 rings (SSSR count). The molecule has 1 aliphatic carbocycles. The van der Waals surface area contributed by atoms with Gasteiger partial charge in [-0.15, -0.1) is 0 Å². The lowest BCUT2D eigenvalue weighted by molar-refractivity contribution is -0.124. The van der Waals surface area contributed by atoms with Crippen molar-refractivity contribution in [3.63, 3.8) is 0 Å². The van der Waals surface area contributed by atoms with E-state index in [9.17, 15) is 10.1 Å². The van der Waals surface area contributed by atoms with Gasteiger partial charge >= 0.3 is 0 Å². The number of rotatable bonds is 6. The Balaban J connectivity index is 1.62. The summed E-state index contributed by atoms with van der Waals surface area (Å²) in [6.45, 7) is 0.154. The van der Waals surface area contributed by atoms with E-state index >= 15 is 0 Å². The monoisotopic (exact) mass is 457 g/mol. The van der Waals surface area contributed by atoms with E-state index in [-0.39, 0.29) is 18.7 Å². The first-order chi connectivity index (χ1) is 16.7. The first-order valence-electron chi connectivity index (χ1n) is 11.6. The summed E-state index contributed by atoms with van der Waals surface area (Å²) in [5, 5.41) is 13.3. The lowest BCUT2D eigenvalue weighted by Gasteiger charge is -2.27. The Morgan fingerprint density at radius 1 is 1.12 bits per heavy atom. The average Bonchev–Trinajstić information content (AvgIpc) is 3.49. The van der Waals surface area contributed by atoms with Crippen LogP contribution in [0.2, 0.25) is 0 Å². The van der Waals surface area contributed by atoms with Crippen LogP contribution in [0.15, 0.2) is 54.7 Å². The Labute approximate surface area is 198 Å². The van der Waals surface area contributed by atoms with Gasteiger partial charge in [-0.1, -0.05) is 55.7 Å². The van der Waals surface area contributed by atoms with E-state index in [2.05, 4.69) is 11.4 Å². The van der Waals surface area contributed by atoms with Crippen molar-refractivity contribution in [1.82, 2.24) is 9.88 Å². The zero-order valence-electron chi connectivity index (χ0n) is 19.1. The Morgan fingerprint density at radius 3 is 2.62 bits per heavy atom. The van der Waals surface area contributed by atoms with Gasteiger partial charge in [0, 0.05) is 17.8 Å². The fourth-order valence-electron chi connectivity index (χ4n) is 4.90. The van der Waals surface area contributed by atoms with Crippen LogP contribution >= 0.6 is 0 Å². The summed E-state index contributed by atoms with van der Waals surface area (Å²) in [5.74, 6) is 1.46. The van der Waals surface area contributed by atoms with E-state index in [1.54, 1.807) is 4.57 Å². The summed E-state index contributed by atoms with van der Waals surface area (Å²) in [4.78, 5) is 13.8. The van der Waals surface area contributed by atoms with Gasteiger partial charge in [0.25, 0.3) is 0 Å². The number of carbonyl (C=O) groups is 1. The molecule has 0 spiro atoms. The molecule has 34 heavy (non-hydrogen) atoms. The van der Waals surface area contributed by atoms with Crippen molar-refractivity contribution in [3.05, 3.63) is 65.9 Å². The normalized spacial score (nSPS) is 16.0. The van der Waals surface area contributed by atoms with E-state index in [1.165, 1.54) is 13.5 Å². The Kier molecular flexibility index (Phi) is 6.13. The molecule has 1 atom stereocenters. The molecule has 0 saturated heterocycles. The minimum Gasteiger partial charge on any atom is -0.481 e. The second-order valence-corrected chi connectivity index (χ2v) is 8.67. The van der Waals surface area contributed by atoms with Crippen molar-refractivity contribution in [2.75, 3.05) is 13.9 Å². The van der Waals surface area contributed by atoms with Crippen molar-refractivity contribution < 1.29 is 19.0 Å². The molecule has 2 aromatic carbocycles. The van der Waals surface area contributed by atoms with Crippen LogP contribution < -0.4 is 19.5 Å². The van der Waals surface area contributed by atoms with Crippen molar-refractivity contribution >= 4 is 5.91 Å². The predicted molar refractivity (Wildman–Crippen MR) is 127 cm³/mol. The van der Waals surface area contributed by atoms with Crippen LogP contribution in [0.3, 0.4) is 0 Å². The molecule has 7 heteroatoms. The highest BCUT2D eigenvalue weighted by Crippen LogP contribution is 2.40. The largest absolute Gasteiger partial charge is 0.481 e. The lowest BCUT2D eigenvalue weighted by atomic mass is 9.95. The number of hydrogen-bond acceptors (Lipinski definition) is 5. The molecule has 1 aliphatic heterocycles. The summed E-state index contributed by atoms with van der Waals surface area (Å²) in [5.41, 5.74) is 2.73. The Hall–Kier alpha value is -3.92. The van der Waals surface area contributed by atoms with Gasteiger partial charge in [0.2, 0.25) is 18.6 Å². The van der Waals surface area contributed by atoms with E-state index in [0.717, 1.165) is 42.4 Å². The number of fused-ring (bicyclic) bond motifs is 1. The SMILES string of the molecule is COc1c(C#N)c(-c2ccccc2)cn1C(C(=O)NC1CCCCC1)c1ccc2c(c1)OCO2. The molecular weight excluding hydrogens is 430 g/mol. The summed E-state index contributed by atoms with van der Waals surface area (Å²) >= 11 is 0. The van der Waals surface area contributed by atoms with Gasteiger partial charge in [0.15, 0.2) is 11.5 Å². The number of ether oxygens (including phenoxy) is 3. The van der Waals surface area contributed by atoms with Crippen LogP contribution in [0.1, 0.15) is 49.3 Å². The van der Waals surface area contributed by atoms with Gasteiger partial charge in [0.1, 0.15) is 17.7 Å². The highest BCUT2D eigenvalue weighted by molar-refractivity contribution is 5.85. The topological polar surface area (TPSA) is 85.5 Å². The molecule has 1 unspecified atom stereocenters. The third kappa shape index (κ3) is 4.08. The third-order valence-corrected chi connectivity index (χ3v) is 6.57. The van der Waals surface area contributed by atoms with Crippen molar-refractivity contribution in [2.24, 2.45) is 0 Å². The van der Waals surface area contributed by atoms with Crippen molar-refractivity contribution in [3.8, 4) is 34.6 Å². The summed E-state index contributed by atoms with van der Waals surface area (Å²) in [6, 6.07) is 16.9. The van der Waals surface area contributed by atoms with E-state index in [4.69, 9.17) is 14.2 Å². The Bertz CT molecular complexity index is 1220. The van der Waals surface area contributed by atoms with Gasteiger partial charge in [-0.3, -0.25) is 4.79 Å². The molecule has 2 aliphatic rings. The average molecular weight is 458 g/mol. The van der Waals surface area contributed by atoms with Crippen molar-refractivity contribution in [1.29, 1.82) is 5.26 Å². The molecule has 174 valence electrons. The molecular formula is C27H27N3O4. The van der Waals surface area contributed by atoms with Crippen molar-refractivity contribution in [2.45, 2.75) is 44.2 Å². The molecule has 0 radical (unpaired) electrons. The minimum absolute atomic E-state index is 0.136. The first-order valence-corrected chi connectivity index (χ1v) is 11.6. The number of nitrogens with zero attached hydrogens (tertiary/aromatic N) is 2. The van der Waals surface area contributed by atoms with Gasteiger partial charge < -0.3 is 24.1 Å². The van der Waals surface area contributed by atoms with Gasteiger partial charge in [-0.2, -0.15) is 5.26 Å². The molecule has 1 amide bonds. The fraction of sp³-hybridized carbons (Fsp3) is 0.333. The highest BCUT2D eigenvalue weighted by Gasteiger charge is 2.32. The second kappa shape index (κ2) is 9.52. The summed E-state index contributed by atoms with van der Waals surface area (Å²) in [6.07, 6.45) is 7.21. The summed E-state index contributed by atoms with van der Waals surface area (Å²) in [7, 11) is 1.52. The first kappa shape index (κ1) is 21.9. The molecule has 0 bridgehead atoms. The molecule has 2 heterocycles. The highest BCUT2D eigenvalue weighted by atomic mass is 16.7. The number of benzene rings is 2. The number of carbonyl (C=O) groups excluding carboxylic acids is 1. The molecule has 1 saturated carbocycles. The molecule has 1 aromatic heterocycles. The lowest BCUT2D eigenvalue weighted by Crippen LogP contribution is -2.41. The van der Waals surface area contributed by atoms with Gasteiger partial charge in [0.05, 0.1) is 7.11 Å². The number of nitrogens with one attached hydrogen (secondary N) is 1. The maximum Gasteiger partial charge on any atom is 0.248 e. The smallest absolute Gasteiger partial charge is 0.248 e. The van der Waals surface area contributed by atoms with Gasteiger partial charge in [-0.05, 0) is 36.1 Å². The number of hydrogen-bond donors (Lipinski definition) is 1. The number of methoxy groups -OCH3 is 1. The van der Waals surface area contributed by atoms with Crippen LogP contribution in [-0.2, 0) is 4.79 Å². The zero-order chi connectivity index (χ0) is 23.5. The fourth-order valence-corrected chi connectivity index (χ4v) is 4.90. The van der Waals surface area contributed by atoms with E-state index in [1.807, 2.05) is 54.7 Å². The molecule has 3 aromatic rings. The summed E-state index contributed by atoms with van der Waals surface area (Å²) < 4.78 is 18.5. The standard InChI is InChI=1S/C27H27N3O4/c1-32-27-21(15-28)22(18-8-4-2-5-9-18)16-30(27)25(26(31)29-20-10-6-3-7-11-20)19-12-13-23-24(14-19)34-17-33-23/h2,4-5,8-9,12-14,16,20,25H,3,6-7,10-11,17H2,1H3,(H,29,31). The quantitative estimate of drug-likeness (QED) is 0.575. The van der Waals surface area contributed by atoms with Crippen LogP contribution in [0, 0.1) is 11.3 Å². The van der Waals surface area contributed by atoms with Gasteiger partial charge in [-0.25, -0.2) is 0 Å². The molecule has 7 nitrogen and oxygen atoms in total. The van der Waals surface area contributed by atoms with Crippen LogP contribution in [0.25, 0.3) is 11.1 Å². The second-order valence-electron chi connectivity index (χ2n) is 8.67. The van der Waals surface area contributed by atoms with E-state index < -0.39 is 6.04 Å². The minimum atomic E-state index is -0.740. The van der Waals surface area contributed by atoms with Crippen LogP contribution in [0.4, 0.5) is 0 Å². The molecule has 1 N–H and O–H groups in total. The maximum atomic E-state index is 13.8. The van der Waals surface area contributed by atoms with Crippen LogP contribution in [0.5, 0.6) is 17.4 Å².